The predicted molar refractivity (Wildman–Crippen MR) is 91.7 cm³/mol. The van der Waals surface area contributed by atoms with Gasteiger partial charge in [0, 0.05) is 36.2 Å². The normalized spacial score (nSPS) is 10.8. The zero-order chi connectivity index (χ0) is 18.7. The number of aryl methyl sites for hydroxylation is 3. The Morgan fingerprint density at radius 1 is 1.16 bits per heavy atom. The van der Waals surface area contributed by atoms with Crippen molar-refractivity contribution in [2.24, 2.45) is 0 Å². The highest BCUT2D eigenvalue weighted by molar-refractivity contribution is 5.79. The van der Waals surface area contributed by atoms with E-state index in [4.69, 9.17) is 5.11 Å². The summed E-state index contributed by atoms with van der Waals surface area (Å²) in [4.78, 5) is 33.2. The molecule has 0 fully saturated rings. The minimum atomic E-state index is -0.924. The Morgan fingerprint density at radius 3 is 2.32 bits per heavy atom. The molecule has 0 saturated heterocycles. The van der Waals surface area contributed by atoms with E-state index >= 15 is 0 Å². The van der Waals surface area contributed by atoms with Gasteiger partial charge < -0.3 is 10.0 Å². The van der Waals surface area contributed by atoms with Crippen molar-refractivity contribution < 1.29 is 14.7 Å². The number of amides is 1. The Kier molecular flexibility index (Phi) is 5.51. The highest BCUT2D eigenvalue weighted by atomic mass is 16.4. The molecule has 1 amide bonds. The van der Waals surface area contributed by atoms with Crippen LogP contribution in [0.25, 0.3) is 5.95 Å². The number of carboxylic acid groups (broad SMARTS) is 1. The largest absolute Gasteiger partial charge is 0.481 e. The first-order chi connectivity index (χ1) is 11.7. The summed E-state index contributed by atoms with van der Waals surface area (Å²) in [5.74, 6) is -0.587. The molecule has 0 atom stereocenters. The van der Waals surface area contributed by atoms with Crippen LogP contribution < -0.4 is 0 Å². The zero-order valence-corrected chi connectivity index (χ0v) is 15.2. The first-order valence-corrected chi connectivity index (χ1v) is 8.02. The van der Waals surface area contributed by atoms with Crippen LogP contribution in [0.1, 0.15) is 34.8 Å². The van der Waals surface area contributed by atoms with Crippen LogP contribution in [0.15, 0.2) is 6.07 Å². The number of hydrogen-bond acceptors (Lipinski definition) is 5. The third-order valence-corrected chi connectivity index (χ3v) is 4.02. The summed E-state index contributed by atoms with van der Waals surface area (Å²) < 4.78 is 1.65. The van der Waals surface area contributed by atoms with Crippen molar-refractivity contribution in [3.8, 4) is 5.95 Å². The number of carbonyl (C=O) groups is 2. The molecule has 0 aliphatic rings. The van der Waals surface area contributed by atoms with Gasteiger partial charge in [-0.2, -0.15) is 5.10 Å². The summed E-state index contributed by atoms with van der Waals surface area (Å²) in [6.45, 7) is 7.69. The van der Waals surface area contributed by atoms with Gasteiger partial charge in [-0.25, -0.2) is 14.6 Å². The van der Waals surface area contributed by atoms with E-state index in [0.717, 1.165) is 28.3 Å². The Hall–Kier alpha value is -2.77. The molecule has 0 saturated carbocycles. The van der Waals surface area contributed by atoms with E-state index in [1.807, 2.05) is 33.8 Å². The van der Waals surface area contributed by atoms with E-state index in [1.54, 1.807) is 11.7 Å². The van der Waals surface area contributed by atoms with Crippen LogP contribution in [0.5, 0.6) is 0 Å². The van der Waals surface area contributed by atoms with Gasteiger partial charge in [-0.05, 0) is 33.8 Å². The van der Waals surface area contributed by atoms with Crippen molar-refractivity contribution in [2.45, 2.75) is 40.5 Å². The smallest absolute Gasteiger partial charge is 0.305 e. The Balaban J connectivity index is 2.24. The van der Waals surface area contributed by atoms with Gasteiger partial charge in [-0.3, -0.25) is 9.59 Å². The van der Waals surface area contributed by atoms with Crippen molar-refractivity contribution in [3.05, 3.63) is 34.4 Å². The highest BCUT2D eigenvalue weighted by Gasteiger charge is 2.19. The molecule has 25 heavy (non-hydrogen) atoms. The molecule has 2 aromatic rings. The molecule has 0 spiro atoms. The maximum Gasteiger partial charge on any atom is 0.305 e. The molecule has 0 radical (unpaired) electrons. The second kappa shape index (κ2) is 7.42. The van der Waals surface area contributed by atoms with Gasteiger partial charge in [-0.15, -0.1) is 0 Å². The number of aliphatic carboxylic acids is 1. The predicted octanol–water partition coefficient (Wildman–Crippen LogP) is 1.37. The van der Waals surface area contributed by atoms with E-state index in [-0.39, 0.29) is 25.3 Å². The molecule has 0 aliphatic heterocycles. The van der Waals surface area contributed by atoms with Gasteiger partial charge in [0.1, 0.15) is 0 Å². The van der Waals surface area contributed by atoms with Gasteiger partial charge in [-0.1, -0.05) is 0 Å². The molecular weight excluding hydrogens is 322 g/mol. The fraction of sp³-hybridized carbons (Fsp3) is 0.471. The molecule has 0 aliphatic carbocycles. The number of hydrogen-bond donors (Lipinski definition) is 1. The Bertz CT molecular complexity index is 793. The van der Waals surface area contributed by atoms with Crippen LogP contribution in [0.2, 0.25) is 0 Å². The van der Waals surface area contributed by atoms with Gasteiger partial charge in [0.15, 0.2) is 0 Å². The van der Waals surface area contributed by atoms with Crippen LogP contribution in [-0.2, 0) is 16.0 Å². The minimum Gasteiger partial charge on any atom is -0.481 e. The van der Waals surface area contributed by atoms with Crippen LogP contribution in [0.3, 0.4) is 0 Å². The first-order valence-electron chi connectivity index (χ1n) is 8.02. The fourth-order valence-corrected chi connectivity index (χ4v) is 2.60. The van der Waals surface area contributed by atoms with Gasteiger partial charge in [0.2, 0.25) is 5.91 Å². The number of carbonyl (C=O) groups excluding carboxylic acids is 1. The lowest BCUT2D eigenvalue weighted by Crippen LogP contribution is -2.30. The molecule has 8 heteroatoms. The van der Waals surface area contributed by atoms with E-state index in [9.17, 15) is 9.59 Å². The van der Waals surface area contributed by atoms with Gasteiger partial charge >= 0.3 is 5.97 Å². The number of rotatable bonds is 6. The van der Waals surface area contributed by atoms with Crippen molar-refractivity contribution in [1.29, 1.82) is 0 Å². The summed E-state index contributed by atoms with van der Waals surface area (Å²) in [7, 11) is 1.60. The number of likely N-dealkylation sites (N-methyl/N-ethyl adjacent to an activating group) is 1. The number of carboxylic acids is 1. The average molecular weight is 345 g/mol. The van der Waals surface area contributed by atoms with Crippen molar-refractivity contribution in [1.82, 2.24) is 24.6 Å². The molecule has 134 valence electrons. The van der Waals surface area contributed by atoms with E-state index in [2.05, 4.69) is 15.1 Å². The Labute approximate surface area is 146 Å². The SMILES string of the molecule is Cc1cc(C)nc(-n2nc(C)c(CC(=O)N(C)CCC(=O)O)c2C)n1. The minimum absolute atomic E-state index is 0.0735. The lowest BCUT2D eigenvalue weighted by atomic mass is 10.1. The number of nitrogens with zero attached hydrogens (tertiary/aromatic N) is 5. The maximum absolute atomic E-state index is 12.3. The Morgan fingerprint density at radius 2 is 1.76 bits per heavy atom. The van der Waals surface area contributed by atoms with E-state index in [1.165, 1.54) is 4.90 Å². The molecule has 1 N–H and O–H groups in total. The molecular formula is C17H23N5O3. The van der Waals surface area contributed by atoms with Crippen molar-refractivity contribution in [2.75, 3.05) is 13.6 Å². The van der Waals surface area contributed by atoms with Crippen LogP contribution in [-0.4, -0.2) is 55.2 Å². The third kappa shape index (κ3) is 4.40. The van der Waals surface area contributed by atoms with Crippen molar-refractivity contribution >= 4 is 11.9 Å². The summed E-state index contributed by atoms with van der Waals surface area (Å²) >= 11 is 0. The van der Waals surface area contributed by atoms with Gasteiger partial charge in [0.05, 0.1) is 18.5 Å². The highest BCUT2D eigenvalue weighted by Crippen LogP contribution is 2.18. The van der Waals surface area contributed by atoms with E-state index < -0.39 is 5.97 Å². The van der Waals surface area contributed by atoms with Crippen molar-refractivity contribution in [3.63, 3.8) is 0 Å². The summed E-state index contributed by atoms with van der Waals surface area (Å²) in [5, 5.41) is 13.2. The molecule has 2 heterocycles. The summed E-state index contributed by atoms with van der Waals surface area (Å²) in [6, 6.07) is 1.89. The molecule has 8 nitrogen and oxygen atoms in total. The maximum atomic E-state index is 12.3. The number of aromatic nitrogens is 4. The second-order valence-corrected chi connectivity index (χ2v) is 6.15. The summed E-state index contributed by atoms with van der Waals surface area (Å²) in [5.41, 5.74) is 4.06. The van der Waals surface area contributed by atoms with E-state index in [0.29, 0.717) is 5.95 Å². The topological polar surface area (TPSA) is 101 Å². The molecule has 0 unspecified atom stereocenters. The van der Waals surface area contributed by atoms with Crippen LogP contribution >= 0.6 is 0 Å². The van der Waals surface area contributed by atoms with Crippen LogP contribution in [0.4, 0.5) is 0 Å². The quantitative estimate of drug-likeness (QED) is 0.848. The third-order valence-electron chi connectivity index (χ3n) is 4.02. The van der Waals surface area contributed by atoms with Crippen LogP contribution in [0, 0.1) is 27.7 Å². The molecule has 2 aromatic heterocycles. The van der Waals surface area contributed by atoms with Gasteiger partial charge in [0.25, 0.3) is 5.95 Å². The first kappa shape index (κ1) is 18.6. The molecule has 0 aromatic carbocycles. The average Bonchev–Trinajstić information content (AvgIpc) is 2.79. The second-order valence-electron chi connectivity index (χ2n) is 6.15. The fourth-order valence-electron chi connectivity index (χ4n) is 2.60. The lowest BCUT2D eigenvalue weighted by molar-refractivity contribution is -0.138. The zero-order valence-electron chi connectivity index (χ0n) is 15.2. The molecule has 0 bridgehead atoms. The monoisotopic (exact) mass is 345 g/mol. The molecule has 2 rings (SSSR count). The lowest BCUT2D eigenvalue weighted by Gasteiger charge is -2.16. The standard InChI is InChI=1S/C17H23N5O3/c1-10-8-11(2)19-17(18-10)22-13(4)14(12(3)20-22)9-15(23)21(5)7-6-16(24)25/h8H,6-7,9H2,1-5H3,(H,24,25). The summed E-state index contributed by atoms with van der Waals surface area (Å²) in [6.07, 6.45) is 0.0917.